The number of amides is 1. The van der Waals surface area contributed by atoms with Crippen molar-refractivity contribution in [3.63, 3.8) is 0 Å². The summed E-state index contributed by atoms with van der Waals surface area (Å²) in [7, 11) is 0. The molecular weight excluding hydrogens is 442 g/mol. The highest BCUT2D eigenvalue weighted by atomic mass is 32.1. The minimum Gasteiger partial charge on any atom is -0.422 e. The van der Waals surface area contributed by atoms with Crippen LogP contribution in [-0.2, 0) is 0 Å². The Balaban J connectivity index is 1.49. The number of anilines is 1. The maximum atomic E-state index is 12.5. The van der Waals surface area contributed by atoms with Crippen molar-refractivity contribution in [3.05, 3.63) is 104 Å². The highest BCUT2D eigenvalue weighted by Gasteiger charge is 2.13. The number of nitro groups is 1. The number of carbonyl (C=O) groups excluding carboxylic acids is 1. The monoisotopic (exact) mass is 459 g/mol. The summed E-state index contributed by atoms with van der Waals surface area (Å²) in [5, 5.41) is 17.1. The fourth-order valence-electron chi connectivity index (χ4n) is 3.37. The molecule has 33 heavy (non-hydrogen) atoms. The molecule has 0 saturated heterocycles. The Morgan fingerprint density at radius 2 is 1.73 bits per heavy atom. The van der Waals surface area contributed by atoms with Gasteiger partial charge in [-0.3, -0.25) is 20.2 Å². The summed E-state index contributed by atoms with van der Waals surface area (Å²) in [5.74, 6) is -0.496. The maximum absolute atomic E-state index is 12.5. The van der Waals surface area contributed by atoms with Crippen molar-refractivity contribution in [2.24, 2.45) is 0 Å². The van der Waals surface area contributed by atoms with E-state index in [-0.39, 0.29) is 16.4 Å². The second-order valence-corrected chi connectivity index (χ2v) is 7.64. The Hall–Kier alpha value is -4.37. The van der Waals surface area contributed by atoms with Crippen LogP contribution in [0.1, 0.15) is 15.9 Å². The highest BCUT2D eigenvalue weighted by Crippen LogP contribution is 2.26. The summed E-state index contributed by atoms with van der Waals surface area (Å²) < 4.78 is 5.43. The first-order chi connectivity index (χ1) is 15.8. The van der Waals surface area contributed by atoms with Crippen molar-refractivity contribution < 1.29 is 14.1 Å². The predicted molar refractivity (Wildman–Crippen MR) is 129 cm³/mol. The third-order valence-electron chi connectivity index (χ3n) is 4.98. The Morgan fingerprint density at radius 3 is 2.42 bits per heavy atom. The minimum absolute atomic E-state index is 0.0655. The van der Waals surface area contributed by atoms with E-state index in [1.807, 2.05) is 19.1 Å². The van der Waals surface area contributed by atoms with Gasteiger partial charge in [-0.1, -0.05) is 24.3 Å². The van der Waals surface area contributed by atoms with E-state index >= 15 is 0 Å². The van der Waals surface area contributed by atoms with Crippen LogP contribution in [0, 0.1) is 17.0 Å². The van der Waals surface area contributed by atoms with Crippen molar-refractivity contribution in [2.75, 3.05) is 5.32 Å². The van der Waals surface area contributed by atoms with Crippen LogP contribution in [0.25, 0.3) is 22.1 Å². The number of aryl methyl sites for hydroxylation is 1. The van der Waals surface area contributed by atoms with E-state index in [1.165, 1.54) is 24.3 Å². The van der Waals surface area contributed by atoms with Crippen LogP contribution in [0.5, 0.6) is 0 Å². The summed E-state index contributed by atoms with van der Waals surface area (Å²) in [5.41, 5.74) is 2.83. The Morgan fingerprint density at radius 1 is 1.00 bits per heavy atom. The van der Waals surface area contributed by atoms with Crippen LogP contribution in [-0.4, -0.2) is 15.9 Å². The van der Waals surface area contributed by atoms with Gasteiger partial charge in [0.05, 0.1) is 10.5 Å². The van der Waals surface area contributed by atoms with E-state index in [2.05, 4.69) is 10.6 Å². The second kappa shape index (κ2) is 9.01. The van der Waals surface area contributed by atoms with E-state index in [9.17, 15) is 19.7 Å². The lowest BCUT2D eigenvalue weighted by Crippen LogP contribution is -2.34. The average Bonchev–Trinajstić information content (AvgIpc) is 2.79. The largest absolute Gasteiger partial charge is 0.422 e. The number of para-hydroxylation sites is 1. The number of non-ortho nitro benzene ring substituents is 1. The van der Waals surface area contributed by atoms with Gasteiger partial charge in [0.15, 0.2) is 5.11 Å². The van der Waals surface area contributed by atoms with E-state index < -0.39 is 16.5 Å². The number of hydrogen-bond acceptors (Lipinski definition) is 6. The standard InChI is InChI=1S/C24H17N3O5S/c1-14-12-17(25-24(33)26-22(28)15-6-9-18(10-7-15)27(30)31)8-11-19(14)20-13-16-4-2-3-5-21(16)32-23(20)29/h2-13H,1H3,(H2,25,26,28,33). The number of rotatable bonds is 4. The molecule has 2 N–H and O–H groups in total. The zero-order chi connectivity index (χ0) is 23.5. The van der Waals surface area contributed by atoms with Crippen LogP contribution in [0.2, 0.25) is 0 Å². The molecule has 0 aliphatic rings. The number of hydrogen-bond donors (Lipinski definition) is 2. The van der Waals surface area contributed by atoms with Crippen molar-refractivity contribution in [1.82, 2.24) is 5.32 Å². The first-order valence-electron chi connectivity index (χ1n) is 9.82. The number of carbonyl (C=O) groups is 1. The molecule has 0 bridgehead atoms. The number of thiocarbonyl (C=S) groups is 1. The molecule has 0 spiro atoms. The first kappa shape index (κ1) is 21.8. The normalized spacial score (nSPS) is 10.6. The topological polar surface area (TPSA) is 114 Å². The lowest BCUT2D eigenvalue weighted by Gasteiger charge is -2.12. The molecule has 3 aromatic carbocycles. The van der Waals surface area contributed by atoms with E-state index in [1.54, 1.807) is 36.4 Å². The second-order valence-electron chi connectivity index (χ2n) is 7.23. The number of nitrogens with one attached hydrogen (secondary N) is 2. The Bertz CT molecular complexity index is 1460. The molecular formula is C24H17N3O5S. The van der Waals surface area contributed by atoms with Gasteiger partial charge < -0.3 is 9.73 Å². The summed E-state index contributed by atoms with van der Waals surface area (Å²) in [4.78, 5) is 35.0. The molecule has 0 saturated carbocycles. The van der Waals surface area contributed by atoms with Crippen LogP contribution in [0.4, 0.5) is 11.4 Å². The molecule has 9 heteroatoms. The van der Waals surface area contributed by atoms with Crippen molar-refractivity contribution in [3.8, 4) is 11.1 Å². The lowest BCUT2D eigenvalue weighted by molar-refractivity contribution is -0.384. The number of benzene rings is 3. The quantitative estimate of drug-likeness (QED) is 0.195. The Labute approximate surface area is 193 Å². The molecule has 4 aromatic rings. The maximum Gasteiger partial charge on any atom is 0.344 e. The minimum atomic E-state index is -0.540. The molecule has 1 heterocycles. The number of fused-ring (bicyclic) bond motifs is 1. The molecule has 4 rings (SSSR count). The Kier molecular flexibility index (Phi) is 5.97. The molecule has 164 valence electrons. The van der Waals surface area contributed by atoms with Crippen molar-refractivity contribution in [1.29, 1.82) is 0 Å². The summed E-state index contributed by atoms with van der Waals surface area (Å²) in [6.07, 6.45) is 0. The molecule has 0 radical (unpaired) electrons. The number of nitrogens with zero attached hydrogens (tertiary/aromatic N) is 1. The van der Waals surface area contributed by atoms with Gasteiger partial charge in [-0.25, -0.2) is 4.79 Å². The van der Waals surface area contributed by atoms with Gasteiger partial charge in [0.25, 0.3) is 11.6 Å². The average molecular weight is 459 g/mol. The zero-order valence-corrected chi connectivity index (χ0v) is 18.1. The van der Waals surface area contributed by atoms with Crippen LogP contribution in [0.15, 0.2) is 82.0 Å². The zero-order valence-electron chi connectivity index (χ0n) is 17.3. The molecule has 0 fully saturated rings. The van der Waals surface area contributed by atoms with Gasteiger partial charge in [0.2, 0.25) is 0 Å². The van der Waals surface area contributed by atoms with Crippen molar-refractivity contribution in [2.45, 2.75) is 6.92 Å². The molecule has 0 atom stereocenters. The van der Waals surface area contributed by atoms with Crippen LogP contribution >= 0.6 is 12.2 Å². The molecule has 0 aliphatic heterocycles. The molecule has 0 aliphatic carbocycles. The third kappa shape index (κ3) is 4.78. The summed E-state index contributed by atoms with van der Waals surface area (Å²) >= 11 is 5.21. The highest BCUT2D eigenvalue weighted by molar-refractivity contribution is 7.80. The molecule has 1 aromatic heterocycles. The molecule has 0 unspecified atom stereocenters. The summed E-state index contributed by atoms with van der Waals surface area (Å²) in [6.45, 7) is 1.85. The summed E-state index contributed by atoms with van der Waals surface area (Å²) in [6, 6.07) is 19.6. The van der Waals surface area contributed by atoms with Crippen LogP contribution < -0.4 is 16.3 Å². The van der Waals surface area contributed by atoms with Gasteiger partial charge in [-0.05, 0) is 66.7 Å². The van der Waals surface area contributed by atoms with Crippen molar-refractivity contribution >= 4 is 45.6 Å². The molecule has 1 amide bonds. The molecule has 8 nitrogen and oxygen atoms in total. The number of nitro benzene ring substituents is 1. The van der Waals surface area contributed by atoms with Gasteiger partial charge >= 0.3 is 5.63 Å². The van der Waals surface area contributed by atoms with E-state index in [0.717, 1.165) is 16.5 Å². The predicted octanol–water partition coefficient (Wildman–Crippen LogP) is 4.80. The first-order valence-corrected chi connectivity index (χ1v) is 10.2. The van der Waals surface area contributed by atoms with Gasteiger partial charge in [-0.2, -0.15) is 0 Å². The lowest BCUT2D eigenvalue weighted by atomic mass is 10.0. The smallest absolute Gasteiger partial charge is 0.344 e. The SMILES string of the molecule is Cc1cc(NC(=S)NC(=O)c2ccc([N+](=O)[O-])cc2)ccc1-c1cc2ccccc2oc1=O. The van der Waals surface area contributed by atoms with Crippen LogP contribution in [0.3, 0.4) is 0 Å². The van der Waals surface area contributed by atoms with Gasteiger partial charge in [0.1, 0.15) is 5.58 Å². The fraction of sp³-hybridized carbons (Fsp3) is 0.0417. The van der Waals surface area contributed by atoms with E-state index in [4.69, 9.17) is 16.6 Å². The van der Waals surface area contributed by atoms with Gasteiger partial charge in [0, 0.05) is 28.8 Å². The van der Waals surface area contributed by atoms with E-state index in [0.29, 0.717) is 16.8 Å². The van der Waals surface area contributed by atoms with Gasteiger partial charge in [-0.15, -0.1) is 0 Å². The fourth-order valence-corrected chi connectivity index (χ4v) is 3.58. The third-order valence-corrected chi connectivity index (χ3v) is 5.19.